The van der Waals surface area contributed by atoms with Gasteiger partial charge in [-0.1, -0.05) is 12.1 Å². The van der Waals surface area contributed by atoms with E-state index in [1.165, 1.54) is 30.5 Å². The van der Waals surface area contributed by atoms with Gasteiger partial charge in [0.25, 0.3) is 0 Å². The number of carbonyl (C=O) groups is 1. The molecule has 1 atom stereocenters. The van der Waals surface area contributed by atoms with Gasteiger partial charge in [0.2, 0.25) is 0 Å². The fourth-order valence-electron chi connectivity index (χ4n) is 2.99. The quantitative estimate of drug-likeness (QED) is 0.651. The van der Waals surface area contributed by atoms with Crippen LogP contribution in [-0.2, 0) is 6.42 Å². The van der Waals surface area contributed by atoms with Crippen molar-refractivity contribution in [2.24, 2.45) is 0 Å². The number of aliphatic hydroxyl groups is 1. The van der Waals surface area contributed by atoms with Crippen LogP contribution in [0.4, 0.5) is 4.39 Å². The molecule has 7 heteroatoms. The zero-order valence-corrected chi connectivity index (χ0v) is 14.4. The van der Waals surface area contributed by atoms with Crippen molar-refractivity contribution in [2.45, 2.75) is 32.8 Å². The number of fused-ring (bicyclic) bond motifs is 1. The van der Waals surface area contributed by atoms with E-state index in [2.05, 4.69) is 4.98 Å². The number of halogens is 1. The minimum absolute atomic E-state index is 0.0400. The number of nitrogens with zero attached hydrogens (tertiary/aromatic N) is 2. The average Bonchev–Trinajstić information content (AvgIpc) is 2.89. The van der Waals surface area contributed by atoms with Crippen LogP contribution in [0.15, 0.2) is 30.5 Å². The van der Waals surface area contributed by atoms with Gasteiger partial charge in [0.05, 0.1) is 17.4 Å². The summed E-state index contributed by atoms with van der Waals surface area (Å²) in [5.41, 5.74) is 2.43. The van der Waals surface area contributed by atoms with E-state index in [4.69, 9.17) is 0 Å². The van der Waals surface area contributed by atoms with Gasteiger partial charge in [0, 0.05) is 17.5 Å². The van der Waals surface area contributed by atoms with Gasteiger partial charge in [-0.2, -0.15) is 0 Å². The molecule has 6 nitrogen and oxygen atoms in total. The number of carboxylic acid groups (broad SMARTS) is 1. The lowest BCUT2D eigenvalue weighted by molar-refractivity contribution is 0.0693. The normalized spacial score (nSPS) is 12.5. The van der Waals surface area contributed by atoms with Gasteiger partial charge in [0.1, 0.15) is 5.82 Å². The first-order valence-corrected chi connectivity index (χ1v) is 8.16. The first-order chi connectivity index (χ1) is 12.3. The Balaban J connectivity index is 1.95. The molecule has 2 aromatic heterocycles. The summed E-state index contributed by atoms with van der Waals surface area (Å²) in [6.07, 6.45) is 0.838. The molecule has 0 saturated carbocycles. The van der Waals surface area contributed by atoms with Crippen LogP contribution < -0.4 is 0 Å². The molecule has 3 rings (SSSR count). The zero-order valence-electron chi connectivity index (χ0n) is 14.4. The van der Waals surface area contributed by atoms with E-state index in [1.54, 1.807) is 18.2 Å². The fraction of sp³-hybridized carbons (Fsp3) is 0.263. The van der Waals surface area contributed by atoms with Gasteiger partial charge in [-0.3, -0.25) is 0 Å². The highest BCUT2D eigenvalue weighted by Crippen LogP contribution is 2.31. The number of hydrogen-bond acceptors (Lipinski definition) is 4. The number of carboxylic acids is 1. The minimum Gasteiger partial charge on any atom is -0.504 e. The van der Waals surface area contributed by atoms with E-state index in [-0.39, 0.29) is 35.4 Å². The Kier molecular flexibility index (Phi) is 4.65. The molecule has 3 aromatic rings. The molecule has 0 bridgehead atoms. The second-order valence-corrected chi connectivity index (χ2v) is 6.26. The molecule has 0 radical (unpaired) electrons. The Morgan fingerprint density at radius 1 is 1.27 bits per heavy atom. The lowest BCUT2D eigenvalue weighted by atomic mass is 9.98. The second-order valence-electron chi connectivity index (χ2n) is 6.26. The van der Waals surface area contributed by atoms with Crippen molar-refractivity contribution in [1.82, 2.24) is 9.38 Å². The number of rotatable bonds is 5. The maximum atomic E-state index is 13.0. The van der Waals surface area contributed by atoms with Crippen LogP contribution in [0.3, 0.4) is 0 Å². The monoisotopic (exact) mass is 358 g/mol. The summed E-state index contributed by atoms with van der Waals surface area (Å²) in [7, 11) is 0. The summed E-state index contributed by atoms with van der Waals surface area (Å²) in [4.78, 5) is 15.9. The minimum atomic E-state index is -1.17. The van der Waals surface area contributed by atoms with Gasteiger partial charge < -0.3 is 19.7 Å². The molecule has 136 valence electrons. The molecule has 0 aliphatic heterocycles. The zero-order chi connectivity index (χ0) is 19.0. The van der Waals surface area contributed by atoms with Crippen LogP contribution in [-0.4, -0.2) is 30.7 Å². The van der Waals surface area contributed by atoms with Crippen molar-refractivity contribution in [3.8, 4) is 5.75 Å². The predicted octanol–water partition coefficient (Wildman–Crippen LogP) is 3.16. The molecule has 1 unspecified atom stereocenters. The van der Waals surface area contributed by atoms with E-state index in [0.717, 1.165) is 5.69 Å². The van der Waals surface area contributed by atoms with Crippen molar-refractivity contribution in [3.05, 3.63) is 64.4 Å². The highest BCUT2D eigenvalue weighted by atomic mass is 19.1. The van der Waals surface area contributed by atoms with Gasteiger partial charge in [-0.15, -0.1) is 0 Å². The lowest BCUT2D eigenvalue weighted by Gasteiger charge is -2.14. The Hall–Kier alpha value is -2.93. The van der Waals surface area contributed by atoms with Crippen molar-refractivity contribution in [2.75, 3.05) is 0 Å². The summed E-state index contributed by atoms with van der Waals surface area (Å²) in [5, 5.41) is 30.4. The molecule has 26 heavy (non-hydrogen) atoms. The maximum Gasteiger partial charge on any atom is 0.337 e. The molecule has 0 aliphatic rings. The second kappa shape index (κ2) is 6.76. The van der Waals surface area contributed by atoms with E-state index in [9.17, 15) is 24.5 Å². The first kappa shape index (κ1) is 17.9. The maximum absolute atomic E-state index is 13.0. The highest BCUT2D eigenvalue weighted by Gasteiger charge is 2.21. The number of aromatic hydroxyl groups is 1. The van der Waals surface area contributed by atoms with Crippen molar-refractivity contribution < 1.29 is 24.5 Å². The van der Waals surface area contributed by atoms with E-state index >= 15 is 0 Å². The molecule has 2 heterocycles. The SMILES string of the molecule is Cc1nc2c(O)c(CCC(O)c3ccc(F)cc3)c(C(=O)O)cn2c1C. The molecule has 0 amide bonds. The summed E-state index contributed by atoms with van der Waals surface area (Å²) in [6, 6.07) is 5.45. The number of benzene rings is 1. The predicted molar refractivity (Wildman–Crippen MR) is 93.0 cm³/mol. The van der Waals surface area contributed by atoms with E-state index < -0.39 is 17.9 Å². The molecule has 0 spiro atoms. The number of hydrogen-bond donors (Lipinski definition) is 3. The van der Waals surface area contributed by atoms with Crippen LogP contribution in [0.25, 0.3) is 5.65 Å². The molecular formula is C19H19FN2O4. The number of aromatic nitrogens is 2. The van der Waals surface area contributed by atoms with E-state index in [0.29, 0.717) is 11.3 Å². The average molecular weight is 358 g/mol. The molecule has 3 N–H and O–H groups in total. The lowest BCUT2D eigenvalue weighted by Crippen LogP contribution is -2.08. The first-order valence-electron chi connectivity index (χ1n) is 8.16. The number of aromatic carboxylic acids is 1. The third-order valence-electron chi connectivity index (χ3n) is 4.62. The van der Waals surface area contributed by atoms with Crippen LogP contribution in [0, 0.1) is 19.7 Å². The largest absolute Gasteiger partial charge is 0.504 e. The third-order valence-corrected chi connectivity index (χ3v) is 4.62. The number of pyridine rings is 1. The molecule has 0 fully saturated rings. The Labute approximate surface area is 149 Å². The Bertz CT molecular complexity index is 980. The number of aliphatic hydroxyl groups excluding tert-OH is 1. The van der Waals surface area contributed by atoms with Gasteiger partial charge in [-0.25, -0.2) is 14.2 Å². The Morgan fingerprint density at radius 3 is 2.54 bits per heavy atom. The van der Waals surface area contributed by atoms with Crippen LogP contribution in [0.1, 0.15) is 45.4 Å². The summed E-state index contributed by atoms with van der Waals surface area (Å²) in [6.45, 7) is 3.57. The van der Waals surface area contributed by atoms with E-state index in [1.807, 2.05) is 0 Å². The summed E-state index contributed by atoms with van der Waals surface area (Å²) < 4.78 is 14.5. The smallest absolute Gasteiger partial charge is 0.337 e. The molecule has 0 aliphatic carbocycles. The topological polar surface area (TPSA) is 95.1 Å². The van der Waals surface area contributed by atoms with Crippen LogP contribution >= 0.6 is 0 Å². The van der Waals surface area contributed by atoms with Crippen molar-refractivity contribution in [1.29, 1.82) is 0 Å². The highest BCUT2D eigenvalue weighted by molar-refractivity contribution is 5.91. The van der Waals surface area contributed by atoms with Gasteiger partial charge in [0.15, 0.2) is 11.4 Å². The standard InChI is InChI=1S/C19H19FN2O4/c1-10-11(2)22-9-15(19(25)26)14(17(24)18(22)21-10)7-8-16(23)12-3-5-13(20)6-4-12/h3-6,9,16,23-24H,7-8H2,1-2H3,(H,25,26). The summed E-state index contributed by atoms with van der Waals surface area (Å²) >= 11 is 0. The molecular weight excluding hydrogens is 339 g/mol. The molecule has 0 saturated heterocycles. The van der Waals surface area contributed by atoms with Gasteiger partial charge >= 0.3 is 5.97 Å². The van der Waals surface area contributed by atoms with Gasteiger partial charge in [-0.05, 0) is 44.4 Å². The van der Waals surface area contributed by atoms with Crippen LogP contribution in [0.5, 0.6) is 5.75 Å². The van der Waals surface area contributed by atoms with Crippen molar-refractivity contribution in [3.63, 3.8) is 0 Å². The van der Waals surface area contributed by atoms with Crippen LogP contribution in [0.2, 0.25) is 0 Å². The fourth-order valence-corrected chi connectivity index (χ4v) is 2.99. The van der Waals surface area contributed by atoms with Crippen molar-refractivity contribution >= 4 is 11.6 Å². The Morgan fingerprint density at radius 2 is 1.92 bits per heavy atom. The number of imidazole rings is 1. The molecule has 1 aromatic carbocycles. The summed E-state index contributed by atoms with van der Waals surface area (Å²) in [5.74, 6) is -1.77. The third kappa shape index (κ3) is 3.13. The number of aryl methyl sites for hydroxylation is 2.